The van der Waals surface area contributed by atoms with Crippen molar-refractivity contribution < 1.29 is 4.74 Å². The summed E-state index contributed by atoms with van der Waals surface area (Å²) in [5.41, 5.74) is 5.39. The summed E-state index contributed by atoms with van der Waals surface area (Å²) < 4.78 is 5.51. The van der Waals surface area contributed by atoms with Crippen molar-refractivity contribution in [3.8, 4) is 11.5 Å². The standard InChI is InChI=1S/C11H10ClN3O/c12-8-1-3-9(4-2-8)16-10-6-14-11(5-13)15-7-10/h1-4,6-7H,5,13H2. The van der Waals surface area contributed by atoms with Gasteiger partial charge in [0.1, 0.15) is 11.6 Å². The molecule has 0 saturated carbocycles. The smallest absolute Gasteiger partial charge is 0.164 e. The lowest BCUT2D eigenvalue weighted by molar-refractivity contribution is 0.476. The molecule has 82 valence electrons. The summed E-state index contributed by atoms with van der Waals surface area (Å²) in [5.74, 6) is 1.84. The van der Waals surface area contributed by atoms with E-state index < -0.39 is 0 Å². The van der Waals surface area contributed by atoms with E-state index in [-0.39, 0.29) is 0 Å². The Morgan fingerprint density at radius 3 is 2.25 bits per heavy atom. The van der Waals surface area contributed by atoms with Gasteiger partial charge in [0.2, 0.25) is 0 Å². The van der Waals surface area contributed by atoms with Crippen LogP contribution in [0.5, 0.6) is 11.5 Å². The number of benzene rings is 1. The second-order valence-electron chi connectivity index (χ2n) is 3.10. The molecule has 1 aromatic carbocycles. The highest BCUT2D eigenvalue weighted by Crippen LogP contribution is 2.21. The fourth-order valence-corrected chi connectivity index (χ4v) is 1.27. The van der Waals surface area contributed by atoms with Crippen LogP contribution in [0, 0.1) is 0 Å². The molecule has 0 saturated heterocycles. The molecule has 4 nitrogen and oxygen atoms in total. The molecule has 0 radical (unpaired) electrons. The fraction of sp³-hybridized carbons (Fsp3) is 0.0909. The first-order valence-electron chi connectivity index (χ1n) is 4.72. The van der Waals surface area contributed by atoms with Crippen molar-refractivity contribution in [3.63, 3.8) is 0 Å². The molecule has 0 fully saturated rings. The number of nitrogens with two attached hydrogens (primary N) is 1. The number of hydrogen-bond acceptors (Lipinski definition) is 4. The normalized spacial score (nSPS) is 10.1. The Bertz CT molecular complexity index is 456. The first-order valence-corrected chi connectivity index (χ1v) is 5.10. The van der Waals surface area contributed by atoms with Crippen LogP contribution in [0.2, 0.25) is 5.02 Å². The van der Waals surface area contributed by atoms with Crippen molar-refractivity contribution in [2.75, 3.05) is 0 Å². The van der Waals surface area contributed by atoms with Crippen molar-refractivity contribution >= 4 is 11.6 Å². The molecule has 0 spiro atoms. The van der Waals surface area contributed by atoms with Crippen molar-refractivity contribution in [2.45, 2.75) is 6.54 Å². The lowest BCUT2D eigenvalue weighted by Crippen LogP contribution is -2.02. The third-order valence-corrected chi connectivity index (χ3v) is 2.17. The molecule has 5 heteroatoms. The number of rotatable bonds is 3. The molecular formula is C11H10ClN3O. The Morgan fingerprint density at radius 1 is 1.06 bits per heavy atom. The molecule has 16 heavy (non-hydrogen) atoms. The molecule has 0 aliphatic rings. The van der Waals surface area contributed by atoms with E-state index in [1.54, 1.807) is 36.7 Å². The molecule has 1 heterocycles. The zero-order valence-electron chi connectivity index (χ0n) is 8.43. The van der Waals surface area contributed by atoms with E-state index >= 15 is 0 Å². The van der Waals surface area contributed by atoms with Crippen LogP contribution in [-0.2, 0) is 6.54 Å². The van der Waals surface area contributed by atoms with E-state index in [2.05, 4.69) is 9.97 Å². The summed E-state index contributed by atoms with van der Waals surface area (Å²) in [6.07, 6.45) is 3.17. The number of ether oxygens (including phenoxy) is 1. The SMILES string of the molecule is NCc1ncc(Oc2ccc(Cl)cc2)cn1. The third kappa shape index (κ3) is 2.68. The molecule has 0 unspecified atom stereocenters. The monoisotopic (exact) mass is 235 g/mol. The second-order valence-corrected chi connectivity index (χ2v) is 3.53. The van der Waals surface area contributed by atoms with E-state index in [1.807, 2.05) is 0 Å². The lowest BCUT2D eigenvalue weighted by Gasteiger charge is -2.04. The number of aromatic nitrogens is 2. The van der Waals surface area contributed by atoms with Crippen molar-refractivity contribution in [3.05, 3.63) is 47.5 Å². The molecule has 0 aliphatic heterocycles. The first kappa shape index (κ1) is 10.9. The van der Waals surface area contributed by atoms with Gasteiger partial charge in [0.25, 0.3) is 0 Å². The van der Waals surface area contributed by atoms with Gasteiger partial charge < -0.3 is 10.5 Å². The molecule has 0 aliphatic carbocycles. The highest BCUT2D eigenvalue weighted by molar-refractivity contribution is 6.30. The van der Waals surface area contributed by atoms with Crippen LogP contribution in [0.15, 0.2) is 36.7 Å². The highest BCUT2D eigenvalue weighted by atomic mass is 35.5. The van der Waals surface area contributed by atoms with Gasteiger partial charge in [-0.05, 0) is 24.3 Å². The number of nitrogens with zero attached hydrogens (tertiary/aromatic N) is 2. The fourth-order valence-electron chi connectivity index (χ4n) is 1.14. The Morgan fingerprint density at radius 2 is 1.69 bits per heavy atom. The van der Waals surface area contributed by atoms with Crippen LogP contribution >= 0.6 is 11.6 Å². The van der Waals surface area contributed by atoms with Crippen LogP contribution in [0.25, 0.3) is 0 Å². The minimum atomic E-state index is 0.321. The van der Waals surface area contributed by atoms with Crippen LogP contribution in [0.1, 0.15) is 5.82 Å². The van der Waals surface area contributed by atoms with Crippen molar-refractivity contribution in [2.24, 2.45) is 5.73 Å². The first-order chi connectivity index (χ1) is 7.78. The maximum absolute atomic E-state index is 5.76. The maximum Gasteiger partial charge on any atom is 0.164 e. The molecule has 0 bridgehead atoms. The third-order valence-electron chi connectivity index (χ3n) is 1.91. The van der Waals surface area contributed by atoms with E-state index in [4.69, 9.17) is 22.1 Å². The van der Waals surface area contributed by atoms with Gasteiger partial charge in [0, 0.05) is 5.02 Å². The largest absolute Gasteiger partial charge is 0.454 e. The van der Waals surface area contributed by atoms with Crippen molar-refractivity contribution in [1.82, 2.24) is 9.97 Å². The van der Waals surface area contributed by atoms with Gasteiger partial charge in [0.05, 0.1) is 18.9 Å². The summed E-state index contributed by atoms with van der Waals surface area (Å²) in [7, 11) is 0. The van der Waals surface area contributed by atoms with E-state index in [0.717, 1.165) is 0 Å². The van der Waals surface area contributed by atoms with Gasteiger partial charge in [-0.25, -0.2) is 9.97 Å². The Balaban J connectivity index is 2.11. The molecule has 2 aromatic rings. The van der Waals surface area contributed by atoms with Crippen LogP contribution in [-0.4, -0.2) is 9.97 Å². The number of hydrogen-bond donors (Lipinski definition) is 1. The van der Waals surface area contributed by atoms with Gasteiger partial charge in [-0.1, -0.05) is 11.6 Å². The Labute approximate surface area is 98.0 Å². The number of halogens is 1. The quantitative estimate of drug-likeness (QED) is 0.887. The summed E-state index contributed by atoms with van der Waals surface area (Å²) in [6.45, 7) is 0.321. The molecule has 2 rings (SSSR count). The van der Waals surface area contributed by atoms with E-state index in [1.165, 1.54) is 0 Å². The van der Waals surface area contributed by atoms with Crippen molar-refractivity contribution in [1.29, 1.82) is 0 Å². The van der Waals surface area contributed by atoms with Gasteiger partial charge in [-0.15, -0.1) is 0 Å². The average Bonchev–Trinajstić information content (AvgIpc) is 2.33. The maximum atomic E-state index is 5.76. The Kier molecular flexibility index (Phi) is 3.34. The molecule has 1 aromatic heterocycles. The van der Waals surface area contributed by atoms with Crippen LogP contribution in [0.4, 0.5) is 0 Å². The minimum Gasteiger partial charge on any atom is -0.454 e. The van der Waals surface area contributed by atoms with E-state index in [0.29, 0.717) is 28.9 Å². The second kappa shape index (κ2) is 4.92. The summed E-state index contributed by atoms with van der Waals surface area (Å²) in [6, 6.07) is 7.07. The zero-order chi connectivity index (χ0) is 11.4. The van der Waals surface area contributed by atoms with E-state index in [9.17, 15) is 0 Å². The zero-order valence-corrected chi connectivity index (χ0v) is 9.19. The van der Waals surface area contributed by atoms with Gasteiger partial charge in [-0.3, -0.25) is 0 Å². The summed E-state index contributed by atoms with van der Waals surface area (Å²) in [4.78, 5) is 8.05. The van der Waals surface area contributed by atoms with Gasteiger partial charge >= 0.3 is 0 Å². The molecule has 0 amide bonds. The molecule has 2 N–H and O–H groups in total. The minimum absolute atomic E-state index is 0.321. The van der Waals surface area contributed by atoms with Gasteiger partial charge in [-0.2, -0.15) is 0 Å². The average molecular weight is 236 g/mol. The highest BCUT2D eigenvalue weighted by Gasteiger charge is 1.99. The molecular weight excluding hydrogens is 226 g/mol. The van der Waals surface area contributed by atoms with Crippen LogP contribution in [0.3, 0.4) is 0 Å². The lowest BCUT2D eigenvalue weighted by atomic mass is 10.3. The Hall–Kier alpha value is -1.65. The summed E-state index contributed by atoms with van der Waals surface area (Å²) >= 11 is 5.76. The molecule has 0 atom stereocenters. The summed E-state index contributed by atoms with van der Waals surface area (Å²) in [5, 5.41) is 0.669. The predicted octanol–water partition coefficient (Wildman–Crippen LogP) is 2.38. The van der Waals surface area contributed by atoms with Gasteiger partial charge in [0.15, 0.2) is 5.75 Å². The topological polar surface area (TPSA) is 61.0 Å². The predicted molar refractivity (Wildman–Crippen MR) is 61.4 cm³/mol. The van der Waals surface area contributed by atoms with Crippen LogP contribution < -0.4 is 10.5 Å².